The topological polar surface area (TPSA) is 67.5 Å². The van der Waals surface area contributed by atoms with Crippen molar-refractivity contribution in [3.05, 3.63) is 48.3 Å². The van der Waals surface area contributed by atoms with Gasteiger partial charge in [-0.1, -0.05) is 12.1 Å². The number of rotatable bonds is 4. The fourth-order valence-corrected chi connectivity index (χ4v) is 2.06. The number of fused-ring (bicyclic) bond motifs is 1. The summed E-state index contributed by atoms with van der Waals surface area (Å²) in [6, 6.07) is 11.8. The first-order valence-electron chi connectivity index (χ1n) is 5.95. The molecule has 0 fully saturated rings. The molecule has 3 rings (SSSR count). The minimum Gasteiger partial charge on any atom is -0.260 e. The summed E-state index contributed by atoms with van der Waals surface area (Å²) in [4.78, 5) is 1.23. The predicted molar refractivity (Wildman–Crippen MR) is 80.2 cm³/mol. The summed E-state index contributed by atoms with van der Waals surface area (Å²) in [7, 11) is 0. The molecule has 0 aliphatic rings. The first-order chi connectivity index (χ1) is 9.85. The normalized spacial score (nSPS) is 11.2. The van der Waals surface area contributed by atoms with E-state index in [0.29, 0.717) is 11.5 Å². The summed E-state index contributed by atoms with van der Waals surface area (Å²) in [5.74, 6) is 0.634. The van der Waals surface area contributed by atoms with Crippen molar-refractivity contribution in [3.8, 4) is 0 Å². The fraction of sp³-hybridized carbons (Fsp3) is 0.0769. The van der Waals surface area contributed by atoms with Crippen LogP contribution in [0.25, 0.3) is 5.65 Å². The van der Waals surface area contributed by atoms with Gasteiger partial charge in [0.2, 0.25) is 0 Å². The Kier molecular flexibility index (Phi) is 3.60. The minimum atomic E-state index is 0.634. The Balaban J connectivity index is 1.69. The maximum Gasteiger partial charge on any atom is 0.177 e. The molecule has 3 aromatic rings. The number of hydrogen-bond donors (Lipinski definition) is 1. The number of thioether (sulfide) groups is 1. The largest absolute Gasteiger partial charge is 0.260 e. The highest BCUT2D eigenvalue weighted by Gasteiger charge is 1.97. The van der Waals surface area contributed by atoms with Crippen LogP contribution >= 0.6 is 11.8 Å². The van der Waals surface area contributed by atoms with E-state index < -0.39 is 0 Å². The smallest absolute Gasteiger partial charge is 0.177 e. The first-order valence-corrected chi connectivity index (χ1v) is 7.18. The lowest BCUT2D eigenvalue weighted by Gasteiger charge is -1.99. The number of hydrogen-bond acceptors (Lipinski definition) is 6. The van der Waals surface area contributed by atoms with Gasteiger partial charge in [-0.25, -0.2) is 0 Å². The van der Waals surface area contributed by atoms with E-state index in [1.165, 1.54) is 4.90 Å². The second kappa shape index (κ2) is 5.70. The molecule has 7 heteroatoms. The fourth-order valence-electron chi connectivity index (χ4n) is 1.65. The number of benzene rings is 1. The van der Waals surface area contributed by atoms with Crippen molar-refractivity contribution in [3.63, 3.8) is 0 Å². The molecule has 0 unspecified atom stereocenters. The van der Waals surface area contributed by atoms with Crippen LogP contribution in [0.15, 0.2) is 52.7 Å². The van der Waals surface area contributed by atoms with E-state index in [1.807, 2.05) is 18.2 Å². The number of aromatic nitrogens is 4. The lowest BCUT2D eigenvalue weighted by atomic mass is 10.2. The Hall–Kier alpha value is -2.41. The summed E-state index contributed by atoms with van der Waals surface area (Å²) >= 11 is 1.72. The van der Waals surface area contributed by atoms with Crippen LogP contribution in [-0.4, -0.2) is 32.3 Å². The van der Waals surface area contributed by atoms with E-state index in [9.17, 15) is 0 Å². The Morgan fingerprint density at radius 3 is 2.85 bits per heavy atom. The van der Waals surface area contributed by atoms with Crippen LogP contribution < -0.4 is 5.43 Å². The maximum atomic E-state index is 4.26. The molecule has 0 aliphatic carbocycles. The van der Waals surface area contributed by atoms with Gasteiger partial charge in [0.1, 0.15) is 6.33 Å². The van der Waals surface area contributed by atoms with E-state index in [-0.39, 0.29) is 0 Å². The molecule has 0 radical (unpaired) electrons. The Morgan fingerprint density at radius 2 is 2.05 bits per heavy atom. The van der Waals surface area contributed by atoms with E-state index in [4.69, 9.17) is 0 Å². The third-order valence-corrected chi connectivity index (χ3v) is 3.41. The standard InChI is InChI=1S/C13H12N6S/c1-20-11-4-2-10(3-5-11)8-14-16-12-6-7-13-17-15-9-19(13)18-12/h2-9H,1H3,(H,16,18)/b14-8+. The van der Waals surface area contributed by atoms with Crippen LogP contribution in [0, 0.1) is 0 Å². The number of anilines is 1. The summed E-state index contributed by atoms with van der Waals surface area (Å²) in [5, 5.41) is 16.1. The molecule has 0 saturated heterocycles. The van der Waals surface area contributed by atoms with Crippen LogP contribution in [-0.2, 0) is 0 Å². The highest BCUT2D eigenvalue weighted by molar-refractivity contribution is 7.98. The van der Waals surface area contributed by atoms with Crippen molar-refractivity contribution in [2.24, 2.45) is 5.10 Å². The average Bonchev–Trinajstić information content (AvgIpc) is 2.95. The van der Waals surface area contributed by atoms with Gasteiger partial charge in [0.25, 0.3) is 0 Å². The molecule has 100 valence electrons. The van der Waals surface area contributed by atoms with Gasteiger partial charge in [-0.05, 0) is 36.1 Å². The lowest BCUT2D eigenvalue weighted by molar-refractivity contribution is 0.925. The molecule has 2 aromatic heterocycles. The zero-order valence-electron chi connectivity index (χ0n) is 10.8. The summed E-state index contributed by atoms with van der Waals surface area (Å²) < 4.78 is 1.59. The van der Waals surface area contributed by atoms with Crippen LogP contribution in [0.5, 0.6) is 0 Å². The first kappa shape index (κ1) is 12.6. The molecule has 0 atom stereocenters. The van der Waals surface area contributed by atoms with E-state index in [1.54, 1.807) is 34.9 Å². The number of nitrogens with zero attached hydrogens (tertiary/aromatic N) is 5. The molecule has 6 nitrogen and oxygen atoms in total. The van der Waals surface area contributed by atoms with E-state index in [0.717, 1.165) is 5.56 Å². The Labute approximate surface area is 119 Å². The zero-order valence-corrected chi connectivity index (χ0v) is 11.6. The van der Waals surface area contributed by atoms with Crippen LogP contribution in [0.4, 0.5) is 5.82 Å². The second-order valence-electron chi connectivity index (χ2n) is 4.00. The van der Waals surface area contributed by atoms with Crippen LogP contribution in [0.2, 0.25) is 0 Å². The van der Waals surface area contributed by atoms with Gasteiger partial charge in [0, 0.05) is 4.90 Å². The molecule has 0 spiro atoms. The van der Waals surface area contributed by atoms with Crippen LogP contribution in [0.3, 0.4) is 0 Å². The minimum absolute atomic E-state index is 0.634. The quantitative estimate of drug-likeness (QED) is 0.452. The third-order valence-electron chi connectivity index (χ3n) is 2.67. The molecule has 0 saturated carbocycles. The monoisotopic (exact) mass is 284 g/mol. The molecule has 1 N–H and O–H groups in total. The van der Waals surface area contributed by atoms with Gasteiger partial charge >= 0.3 is 0 Å². The lowest BCUT2D eigenvalue weighted by Crippen LogP contribution is -1.98. The molecule has 0 amide bonds. The zero-order chi connectivity index (χ0) is 13.8. The van der Waals surface area contributed by atoms with Crippen molar-refractivity contribution < 1.29 is 0 Å². The third kappa shape index (κ3) is 2.77. The predicted octanol–water partition coefficient (Wildman–Crippen LogP) is 2.29. The average molecular weight is 284 g/mol. The SMILES string of the molecule is CSc1ccc(/C=N/Nc2ccc3nncn3n2)cc1. The number of nitrogens with one attached hydrogen (secondary N) is 1. The summed E-state index contributed by atoms with van der Waals surface area (Å²) in [5.41, 5.74) is 4.61. The van der Waals surface area contributed by atoms with Crippen molar-refractivity contribution in [1.29, 1.82) is 0 Å². The highest BCUT2D eigenvalue weighted by Crippen LogP contribution is 2.14. The van der Waals surface area contributed by atoms with Gasteiger partial charge in [-0.2, -0.15) is 9.62 Å². The molecule has 2 heterocycles. The van der Waals surface area contributed by atoms with Crippen molar-refractivity contribution >= 4 is 29.4 Å². The van der Waals surface area contributed by atoms with Crippen molar-refractivity contribution in [2.75, 3.05) is 11.7 Å². The van der Waals surface area contributed by atoms with Gasteiger partial charge < -0.3 is 0 Å². The molecule has 1 aromatic carbocycles. The number of hydrazone groups is 1. The Morgan fingerprint density at radius 1 is 1.20 bits per heavy atom. The van der Waals surface area contributed by atoms with Gasteiger partial charge in [-0.15, -0.1) is 27.1 Å². The summed E-state index contributed by atoms with van der Waals surface area (Å²) in [6.07, 6.45) is 5.35. The maximum absolute atomic E-state index is 4.26. The summed E-state index contributed by atoms with van der Waals surface area (Å²) in [6.45, 7) is 0. The van der Waals surface area contributed by atoms with Gasteiger partial charge in [0.15, 0.2) is 11.5 Å². The molecule has 0 aliphatic heterocycles. The van der Waals surface area contributed by atoms with Crippen molar-refractivity contribution in [1.82, 2.24) is 19.8 Å². The molecular formula is C13H12N6S. The molecule has 0 bridgehead atoms. The van der Waals surface area contributed by atoms with E-state index in [2.05, 4.69) is 44.2 Å². The van der Waals surface area contributed by atoms with E-state index >= 15 is 0 Å². The highest BCUT2D eigenvalue weighted by atomic mass is 32.2. The van der Waals surface area contributed by atoms with Crippen molar-refractivity contribution in [2.45, 2.75) is 4.90 Å². The van der Waals surface area contributed by atoms with Gasteiger partial charge in [0.05, 0.1) is 6.21 Å². The second-order valence-corrected chi connectivity index (χ2v) is 4.88. The van der Waals surface area contributed by atoms with Crippen LogP contribution in [0.1, 0.15) is 5.56 Å². The molecular weight excluding hydrogens is 272 g/mol. The van der Waals surface area contributed by atoms with Gasteiger partial charge in [-0.3, -0.25) is 5.43 Å². The molecule has 20 heavy (non-hydrogen) atoms. The Bertz CT molecular complexity index is 734.